The lowest BCUT2D eigenvalue weighted by molar-refractivity contribution is 0.317. The number of fused-ring (bicyclic) bond motifs is 1. The Morgan fingerprint density at radius 1 is 1.27 bits per heavy atom. The molecular weight excluding hydrogens is 362 g/mol. The van der Waals surface area contributed by atoms with Crippen molar-refractivity contribution in [2.75, 3.05) is 6.61 Å². The number of phenols is 1. The zero-order valence-electron chi connectivity index (χ0n) is 11.9. The smallest absolute Gasteiger partial charge is 0.172 e. The third-order valence-corrected chi connectivity index (χ3v) is 4.69. The van der Waals surface area contributed by atoms with Gasteiger partial charge in [0.15, 0.2) is 11.5 Å². The summed E-state index contributed by atoms with van der Waals surface area (Å²) in [5.41, 5.74) is 1.95. The molecule has 0 spiro atoms. The topological polar surface area (TPSA) is 42.4 Å². The van der Waals surface area contributed by atoms with Crippen molar-refractivity contribution in [2.45, 2.75) is 6.92 Å². The van der Waals surface area contributed by atoms with Gasteiger partial charge in [0.05, 0.1) is 21.3 Å². The molecule has 0 amide bonds. The number of nitrogens with zero attached hydrogens (tertiary/aromatic N) is 1. The van der Waals surface area contributed by atoms with Crippen LogP contribution in [0, 0.1) is 0 Å². The van der Waals surface area contributed by atoms with Crippen LogP contribution < -0.4 is 4.74 Å². The Balaban J connectivity index is 1.91. The first-order valence-corrected chi connectivity index (χ1v) is 8.47. The van der Waals surface area contributed by atoms with Gasteiger partial charge in [0.1, 0.15) is 5.01 Å². The van der Waals surface area contributed by atoms with Gasteiger partial charge >= 0.3 is 0 Å². The Morgan fingerprint density at radius 2 is 2.09 bits per heavy atom. The molecule has 0 unspecified atom stereocenters. The molecular formula is C17H14BrNO2S. The van der Waals surface area contributed by atoms with Crippen molar-refractivity contribution in [1.29, 1.82) is 0 Å². The number of para-hydroxylation sites is 1. The molecule has 1 aromatic heterocycles. The molecule has 0 bridgehead atoms. The number of rotatable bonds is 4. The van der Waals surface area contributed by atoms with Crippen molar-refractivity contribution in [1.82, 2.24) is 4.98 Å². The summed E-state index contributed by atoms with van der Waals surface area (Å²) >= 11 is 4.99. The van der Waals surface area contributed by atoms with E-state index in [1.54, 1.807) is 11.3 Å². The summed E-state index contributed by atoms with van der Waals surface area (Å²) < 4.78 is 7.22. The van der Waals surface area contributed by atoms with Crippen molar-refractivity contribution < 1.29 is 9.84 Å². The molecule has 112 valence electrons. The Hall–Kier alpha value is -1.85. The number of hydrogen-bond acceptors (Lipinski definition) is 4. The maximum absolute atomic E-state index is 9.93. The molecule has 0 aliphatic heterocycles. The van der Waals surface area contributed by atoms with Gasteiger partial charge < -0.3 is 9.84 Å². The average Bonchev–Trinajstić information content (AvgIpc) is 2.93. The third kappa shape index (κ3) is 3.15. The molecule has 0 aliphatic rings. The first kappa shape index (κ1) is 15.1. The van der Waals surface area contributed by atoms with Crippen LogP contribution in [0.2, 0.25) is 0 Å². The minimum atomic E-state index is 0.124. The molecule has 0 fully saturated rings. The van der Waals surface area contributed by atoms with E-state index in [0.29, 0.717) is 16.8 Å². The second kappa shape index (κ2) is 6.50. The van der Waals surface area contributed by atoms with Gasteiger partial charge in [-0.25, -0.2) is 4.98 Å². The van der Waals surface area contributed by atoms with Crippen LogP contribution in [-0.4, -0.2) is 16.7 Å². The Bertz CT molecular complexity index is 809. The second-order valence-electron chi connectivity index (χ2n) is 4.64. The summed E-state index contributed by atoms with van der Waals surface area (Å²) in [5, 5.41) is 10.9. The SMILES string of the molecule is CCOc1cc(C=Cc2nc3ccccc3s2)cc(Br)c1O. The van der Waals surface area contributed by atoms with Gasteiger partial charge in [0, 0.05) is 0 Å². The van der Waals surface area contributed by atoms with E-state index >= 15 is 0 Å². The summed E-state index contributed by atoms with van der Waals surface area (Å²) in [4.78, 5) is 4.57. The zero-order valence-corrected chi connectivity index (χ0v) is 14.3. The van der Waals surface area contributed by atoms with Crippen LogP contribution in [0.25, 0.3) is 22.4 Å². The maximum atomic E-state index is 9.93. The monoisotopic (exact) mass is 375 g/mol. The highest BCUT2D eigenvalue weighted by molar-refractivity contribution is 9.10. The number of benzene rings is 2. The van der Waals surface area contributed by atoms with Crippen molar-refractivity contribution >= 4 is 49.6 Å². The van der Waals surface area contributed by atoms with Crippen molar-refractivity contribution in [2.24, 2.45) is 0 Å². The van der Waals surface area contributed by atoms with Crippen LogP contribution in [-0.2, 0) is 0 Å². The molecule has 0 aliphatic carbocycles. The zero-order chi connectivity index (χ0) is 15.5. The third-order valence-electron chi connectivity index (χ3n) is 3.08. The largest absolute Gasteiger partial charge is 0.503 e. The van der Waals surface area contributed by atoms with E-state index in [1.165, 1.54) is 4.70 Å². The molecule has 3 rings (SSSR count). The van der Waals surface area contributed by atoms with E-state index in [1.807, 2.05) is 49.4 Å². The highest BCUT2D eigenvalue weighted by Crippen LogP contribution is 2.36. The van der Waals surface area contributed by atoms with Gasteiger partial charge in [-0.15, -0.1) is 11.3 Å². The summed E-state index contributed by atoms with van der Waals surface area (Å²) in [6.45, 7) is 2.39. The summed E-state index contributed by atoms with van der Waals surface area (Å²) in [7, 11) is 0. The number of halogens is 1. The molecule has 3 aromatic rings. The lowest BCUT2D eigenvalue weighted by atomic mass is 10.2. The van der Waals surface area contributed by atoms with Crippen molar-refractivity contribution in [3.63, 3.8) is 0 Å². The van der Waals surface area contributed by atoms with E-state index in [2.05, 4.69) is 27.0 Å². The standard InChI is InChI=1S/C17H14BrNO2S/c1-2-21-14-10-11(9-12(18)17(14)20)7-8-16-19-13-5-3-4-6-15(13)22-16/h3-10,20H,2H2,1H3. The molecule has 0 saturated heterocycles. The van der Waals surface area contributed by atoms with Crippen LogP contribution in [0.4, 0.5) is 0 Å². The molecule has 0 atom stereocenters. The van der Waals surface area contributed by atoms with Crippen LogP contribution in [0.15, 0.2) is 40.9 Å². The number of aromatic hydroxyl groups is 1. The Labute approximate surface area is 141 Å². The molecule has 5 heteroatoms. The number of thiazole rings is 1. The molecule has 1 N–H and O–H groups in total. The summed E-state index contributed by atoms with van der Waals surface area (Å²) in [6, 6.07) is 11.7. The van der Waals surface area contributed by atoms with E-state index in [9.17, 15) is 5.11 Å². The van der Waals surface area contributed by atoms with E-state index in [-0.39, 0.29) is 5.75 Å². The fraction of sp³-hybridized carbons (Fsp3) is 0.118. The first-order valence-electron chi connectivity index (χ1n) is 6.86. The van der Waals surface area contributed by atoms with E-state index in [4.69, 9.17) is 4.74 Å². The van der Waals surface area contributed by atoms with Gasteiger partial charge in [0.2, 0.25) is 0 Å². The first-order chi connectivity index (χ1) is 10.7. The predicted octanol–water partition coefficient (Wildman–Crippen LogP) is 5.33. The van der Waals surface area contributed by atoms with Gasteiger partial charge in [-0.3, -0.25) is 0 Å². The molecule has 0 radical (unpaired) electrons. The highest BCUT2D eigenvalue weighted by atomic mass is 79.9. The average molecular weight is 376 g/mol. The minimum Gasteiger partial charge on any atom is -0.503 e. The number of phenolic OH excluding ortho intramolecular Hbond substituents is 1. The number of aromatic nitrogens is 1. The lowest BCUT2D eigenvalue weighted by Gasteiger charge is -2.08. The molecule has 3 nitrogen and oxygen atoms in total. The predicted molar refractivity (Wildman–Crippen MR) is 95.5 cm³/mol. The number of ether oxygens (including phenoxy) is 1. The molecule has 0 saturated carbocycles. The Kier molecular flexibility index (Phi) is 4.45. The fourth-order valence-electron chi connectivity index (χ4n) is 2.08. The highest BCUT2D eigenvalue weighted by Gasteiger charge is 2.08. The second-order valence-corrected chi connectivity index (χ2v) is 6.55. The van der Waals surface area contributed by atoms with Gasteiger partial charge in [-0.2, -0.15) is 0 Å². The van der Waals surface area contributed by atoms with E-state index < -0.39 is 0 Å². The Morgan fingerprint density at radius 3 is 2.86 bits per heavy atom. The van der Waals surface area contributed by atoms with Crippen LogP contribution in [0.3, 0.4) is 0 Å². The molecule has 22 heavy (non-hydrogen) atoms. The van der Waals surface area contributed by atoms with Crippen molar-refractivity contribution in [3.8, 4) is 11.5 Å². The van der Waals surface area contributed by atoms with Gasteiger partial charge in [-0.05, 0) is 58.8 Å². The van der Waals surface area contributed by atoms with Crippen LogP contribution >= 0.6 is 27.3 Å². The minimum absolute atomic E-state index is 0.124. The van der Waals surface area contributed by atoms with Gasteiger partial charge in [0.25, 0.3) is 0 Å². The normalized spacial score (nSPS) is 11.4. The quantitative estimate of drug-likeness (QED) is 0.669. The lowest BCUT2D eigenvalue weighted by Crippen LogP contribution is -1.92. The van der Waals surface area contributed by atoms with Crippen LogP contribution in [0.5, 0.6) is 11.5 Å². The summed E-state index contributed by atoms with van der Waals surface area (Å²) in [5.74, 6) is 0.597. The maximum Gasteiger partial charge on any atom is 0.172 e. The van der Waals surface area contributed by atoms with E-state index in [0.717, 1.165) is 16.1 Å². The number of hydrogen-bond donors (Lipinski definition) is 1. The summed E-state index contributed by atoms with van der Waals surface area (Å²) in [6.07, 6.45) is 3.93. The molecule has 1 heterocycles. The van der Waals surface area contributed by atoms with Crippen LogP contribution in [0.1, 0.15) is 17.5 Å². The van der Waals surface area contributed by atoms with Crippen molar-refractivity contribution in [3.05, 3.63) is 51.4 Å². The molecule has 2 aromatic carbocycles. The fourth-order valence-corrected chi connectivity index (χ4v) is 3.41. The van der Waals surface area contributed by atoms with Gasteiger partial charge in [-0.1, -0.05) is 18.2 Å².